The van der Waals surface area contributed by atoms with Gasteiger partial charge in [0.15, 0.2) is 0 Å². The Balaban J connectivity index is 2.04. The maximum atomic E-state index is 12.8. The molecule has 0 aliphatic carbocycles. The number of nitrogens with one attached hydrogen (secondary N) is 2. The summed E-state index contributed by atoms with van der Waals surface area (Å²) in [5, 5.41) is 6.36. The Kier molecular flexibility index (Phi) is 6.57. The molecule has 1 amide bonds. The van der Waals surface area contributed by atoms with E-state index < -0.39 is 5.41 Å². The fourth-order valence-electron chi connectivity index (χ4n) is 2.88. The lowest BCUT2D eigenvalue weighted by Gasteiger charge is -2.35. The minimum absolute atomic E-state index is 0.0442. The van der Waals surface area contributed by atoms with E-state index in [9.17, 15) is 4.79 Å². The first-order valence-electron chi connectivity index (χ1n) is 8.27. The smallest absolute Gasteiger partial charge is 0.233 e. The zero-order valence-electron chi connectivity index (χ0n) is 14.4. The normalized spacial score (nSPS) is 17.2. The van der Waals surface area contributed by atoms with Crippen molar-refractivity contribution in [2.45, 2.75) is 39.4 Å². The lowest BCUT2D eigenvalue weighted by atomic mass is 9.78. The molecule has 0 saturated carbocycles. The first-order valence-corrected chi connectivity index (χ1v) is 8.27. The molecule has 0 bridgehead atoms. The van der Waals surface area contributed by atoms with Crippen LogP contribution < -0.4 is 10.6 Å². The van der Waals surface area contributed by atoms with Crippen LogP contribution in [0.25, 0.3) is 0 Å². The molecule has 0 atom stereocenters. The van der Waals surface area contributed by atoms with E-state index in [0.717, 1.165) is 37.2 Å². The Morgan fingerprint density at radius 3 is 2.74 bits per heavy atom. The van der Waals surface area contributed by atoms with Crippen molar-refractivity contribution >= 4 is 11.6 Å². The molecule has 1 heterocycles. The molecule has 1 aliphatic heterocycles. The Labute approximate surface area is 138 Å². The summed E-state index contributed by atoms with van der Waals surface area (Å²) in [4.78, 5) is 12.8. The number of hydrogen-bond donors (Lipinski definition) is 2. The second-order valence-electron chi connectivity index (χ2n) is 6.48. The fraction of sp³-hybridized carbons (Fsp3) is 0.611. The van der Waals surface area contributed by atoms with Crippen molar-refractivity contribution in [2.75, 3.05) is 32.1 Å². The van der Waals surface area contributed by atoms with Crippen LogP contribution >= 0.6 is 0 Å². The number of carbonyl (C=O) groups is 1. The third-order valence-electron chi connectivity index (χ3n) is 4.23. The lowest BCUT2D eigenvalue weighted by molar-refractivity contribution is -0.130. The average molecular weight is 320 g/mol. The average Bonchev–Trinajstić information content (AvgIpc) is 2.54. The number of amides is 1. The van der Waals surface area contributed by atoms with Gasteiger partial charge in [-0.25, -0.2) is 0 Å². The number of hydrogen-bond acceptors (Lipinski definition) is 4. The highest BCUT2D eigenvalue weighted by Gasteiger charge is 2.39. The van der Waals surface area contributed by atoms with Crippen LogP contribution in [0.2, 0.25) is 0 Å². The zero-order valence-corrected chi connectivity index (χ0v) is 14.4. The molecule has 2 N–H and O–H groups in total. The molecule has 0 spiro atoms. The standard InChI is InChI=1S/C18H28N2O3/c1-14(2)23-12-15-5-4-6-16(11-15)20-17(21)18(13-22-3)7-9-19-10-8-18/h4-6,11,14,19H,7-10,12-13H2,1-3H3,(H,20,21). The Hall–Kier alpha value is -1.43. The predicted molar refractivity (Wildman–Crippen MR) is 91.4 cm³/mol. The summed E-state index contributed by atoms with van der Waals surface area (Å²) in [6.45, 7) is 6.72. The van der Waals surface area contributed by atoms with Gasteiger partial charge in [-0.15, -0.1) is 0 Å². The lowest BCUT2D eigenvalue weighted by Crippen LogP contribution is -2.47. The largest absolute Gasteiger partial charge is 0.384 e. The molecule has 1 aliphatic rings. The second kappa shape index (κ2) is 8.43. The van der Waals surface area contributed by atoms with Gasteiger partial charge < -0.3 is 20.1 Å². The predicted octanol–water partition coefficient (Wildman–Crippen LogP) is 2.57. The van der Waals surface area contributed by atoms with Gasteiger partial charge in [-0.05, 0) is 57.5 Å². The molecule has 0 unspecified atom stereocenters. The molecule has 1 aromatic rings. The summed E-state index contributed by atoms with van der Waals surface area (Å²) >= 11 is 0. The third kappa shape index (κ3) is 5.03. The van der Waals surface area contributed by atoms with E-state index in [-0.39, 0.29) is 12.0 Å². The Bertz CT molecular complexity index is 505. The van der Waals surface area contributed by atoms with Gasteiger partial charge >= 0.3 is 0 Å². The van der Waals surface area contributed by atoms with Crippen LogP contribution in [0.3, 0.4) is 0 Å². The molecular formula is C18H28N2O3. The van der Waals surface area contributed by atoms with Crippen molar-refractivity contribution in [3.05, 3.63) is 29.8 Å². The van der Waals surface area contributed by atoms with Crippen LogP contribution in [0.4, 0.5) is 5.69 Å². The van der Waals surface area contributed by atoms with Crippen molar-refractivity contribution in [1.82, 2.24) is 5.32 Å². The van der Waals surface area contributed by atoms with Crippen LogP contribution in [-0.2, 0) is 20.9 Å². The molecule has 5 heteroatoms. The molecular weight excluding hydrogens is 292 g/mol. The molecule has 23 heavy (non-hydrogen) atoms. The first-order chi connectivity index (χ1) is 11.1. The van der Waals surface area contributed by atoms with E-state index >= 15 is 0 Å². The van der Waals surface area contributed by atoms with E-state index in [1.807, 2.05) is 38.1 Å². The topological polar surface area (TPSA) is 59.6 Å². The van der Waals surface area contributed by atoms with Crippen molar-refractivity contribution in [2.24, 2.45) is 5.41 Å². The van der Waals surface area contributed by atoms with Crippen LogP contribution in [0.15, 0.2) is 24.3 Å². The molecule has 0 aromatic heterocycles. The summed E-state index contributed by atoms with van der Waals surface area (Å²) in [6.07, 6.45) is 1.78. The minimum Gasteiger partial charge on any atom is -0.384 e. The molecule has 128 valence electrons. The van der Waals surface area contributed by atoms with Gasteiger partial charge in [-0.3, -0.25) is 4.79 Å². The molecule has 1 aromatic carbocycles. The zero-order chi connectivity index (χ0) is 16.7. The van der Waals surface area contributed by atoms with E-state index in [2.05, 4.69) is 10.6 Å². The highest BCUT2D eigenvalue weighted by Crippen LogP contribution is 2.31. The molecule has 1 saturated heterocycles. The molecule has 5 nitrogen and oxygen atoms in total. The highest BCUT2D eigenvalue weighted by molar-refractivity contribution is 5.95. The maximum Gasteiger partial charge on any atom is 0.233 e. The van der Waals surface area contributed by atoms with Gasteiger partial charge in [0.05, 0.1) is 24.7 Å². The monoisotopic (exact) mass is 320 g/mol. The van der Waals surface area contributed by atoms with Crippen LogP contribution in [0, 0.1) is 5.41 Å². The van der Waals surface area contributed by atoms with E-state index in [0.29, 0.717) is 13.2 Å². The van der Waals surface area contributed by atoms with Gasteiger partial charge in [0.2, 0.25) is 5.91 Å². The molecule has 0 radical (unpaired) electrons. The van der Waals surface area contributed by atoms with Crippen molar-refractivity contribution < 1.29 is 14.3 Å². The summed E-state index contributed by atoms with van der Waals surface area (Å²) in [7, 11) is 1.65. The molecule has 1 fully saturated rings. The number of methoxy groups -OCH3 is 1. The molecule has 2 rings (SSSR count). The van der Waals surface area contributed by atoms with E-state index in [1.54, 1.807) is 7.11 Å². The second-order valence-corrected chi connectivity index (χ2v) is 6.48. The SMILES string of the molecule is COCC1(C(=O)Nc2cccc(COC(C)C)c2)CCNCC1. The summed E-state index contributed by atoms with van der Waals surface area (Å²) in [6, 6.07) is 7.84. The van der Waals surface area contributed by atoms with Crippen LogP contribution in [-0.4, -0.2) is 38.8 Å². The van der Waals surface area contributed by atoms with Gasteiger partial charge in [0.1, 0.15) is 0 Å². The number of ether oxygens (including phenoxy) is 2. The van der Waals surface area contributed by atoms with Crippen molar-refractivity contribution in [3.8, 4) is 0 Å². The van der Waals surface area contributed by atoms with E-state index in [1.165, 1.54) is 0 Å². The number of rotatable bonds is 7. The Morgan fingerprint density at radius 2 is 2.09 bits per heavy atom. The van der Waals surface area contributed by atoms with Crippen LogP contribution in [0.1, 0.15) is 32.3 Å². The fourth-order valence-corrected chi connectivity index (χ4v) is 2.88. The van der Waals surface area contributed by atoms with E-state index in [4.69, 9.17) is 9.47 Å². The maximum absolute atomic E-state index is 12.8. The number of anilines is 1. The van der Waals surface area contributed by atoms with Crippen molar-refractivity contribution in [1.29, 1.82) is 0 Å². The minimum atomic E-state index is -0.440. The number of benzene rings is 1. The first kappa shape index (κ1) is 17.9. The number of carbonyl (C=O) groups excluding carboxylic acids is 1. The van der Waals surface area contributed by atoms with Crippen molar-refractivity contribution in [3.63, 3.8) is 0 Å². The summed E-state index contributed by atoms with van der Waals surface area (Å²) in [5.41, 5.74) is 1.43. The van der Waals surface area contributed by atoms with Gasteiger partial charge in [0, 0.05) is 12.8 Å². The highest BCUT2D eigenvalue weighted by atomic mass is 16.5. The quantitative estimate of drug-likeness (QED) is 0.811. The van der Waals surface area contributed by atoms with Gasteiger partial charge in [-0.2, -0.15) is 0 Å². The number of piperidine rings is 1. The Morgan fingerprint density at radius 1 is 1.35 bits per heavy atom. The summed E-state index contributed by atoms with van der Waals surface area (Å²) < 4.78 is 10.9. The van der Waals surface area contributed by atoms with Gasteiger partial charge in [-0.1, -0.05) is 12.1 Å². The van der Waals surface area contributed by atoms with Crippen LogP contribution in [0.5, 0.6) is 0 Å². The third-order valence-corrected chi connectivity index (χ3v) is 4.23. The van der Waals surface area contributed by atoms with Gasteiger partial charge in [0.25, 0.3) is 0 Å². The summed E-state index contributed by atoms with van der Waals surface area (Å²) in [5.74, 6) is 0.0442.